The number of benzene rings is 1. The quantitative estimate of drug-likeness (QED) is 0.417. The third-order valence-corrected chi connectivity index (χ3v) is 6.61. The summed E-state index contributed by atoms with van der Waals surface area (Å²) in [5.74, 6) is 1.34. The van der Waals surface area contributed by atoms with Gasteiger partial charge in [-0.05, 0) is 49.3 Å². The van der Waals surface area contributed by atoms with Crippen LogP contribution in [-0.2, 0) is 0 Å². The summed E-state index contributed by atoms with van der Waals surface area (Å²) in [6, 6.07) is 3.30. The summed E-state index contributed by atoms with van der Waals surface area (Å²) in [5, 5.41) is 0. The molecule has 0 radical (unpaired) electrons. The Labute approximate surface area is 177 Å². The number of Topliss-reactive ketones (excluding diaryl/α,β-unsaturated/α-hetero) is 1. The minimum atomic E-state index is -0.265. The van der Waals surface area contributed by atoms with E-state index in [1.807, 2.05) is 19.9 Å². The van der Waals surface area contributed by atoms with Crippen molar-refractivity contribution >= 4 is 11.5 Å². The minimum absolute atomic E-state index is 0.0112. The van der Waals surface area contributed by atoms with Crippen LogP contribution in [0.2, 0.25) is 0 Å². The van der Waals surface area contributed by atoms with Gasteiger partial charge in [-0.1, -0.05) is 47.0 Å². The third-order valence-electron chi connectivity index (χ3n) is 6.61. The van der Waals surface area contributed by atoms with Gasteiger partial charge in [0, 0.05) is 44.7 Å². The molecule has 2 atom stereocenters. The maximum Gasteiger partial charge on any atom is 0.162 e. The second kappa shape index (κ2) is 11.7. The van der Waals surface area contributed by atoms with Gasteiger partial charge in [-0.3, -0.25) is 9.69 Å². The van der Waals surface area contributed by atoms with Gasteiger partial charge in [0.05, 0.1) is 5.69 Å². The van der Waals surface area contributed by atoms with Crippen LogP contribution in [0.25, 0.3) is 0 Å². The predicted molar refractivity (Wildman–Crippen MR) is 121 cm³/mol. The molecular weight excluding hydrogens is 363 g/mol. The van der Waals surface area contributed by atoms with Gasteiger partial charge < -0.3 is 4.90 Å². The van der Waals surface area contributed by atoms with E-state index in [1.54, 1.807) is 0 Å². The van der Waals surface area contributed by atoms with Gasteiger partial charge in [-0.25, -0.2) is 4.39 Å². The van der Waals surface area contributed by atoms with Crippen molar-refractivity contribution < 1.29 is 9.18 Å². The smallest absolute Gasteiger partial charge is 0.162 e. The highest BCUT2D eigenvalue weighted by molar-refractivity contribution is 5.97. The van der Waals surface area contributed by atoms with E-state index in [0.29, 0.717) is 17.7 Å². The molecule has 1 aliphatic heterocycles. The Morgan fingerprint density at radius 1 is 1.07 bits per heavy atom. The molecule has 0 amide bonds. The van der Waals surface area contributed by atoms with Crippen LogP contribution in [-0.4, -0.2) is 43.4 Å². The Balaban J connectivity index is 1.94. The second-order valence-corrected chi connectivity index (χ2v) is 8.93. The van der Waals surface area contributed by atoms with E-state index in [-0.39, 0.29) is 11.6 Å². The lowest BCUT2D eigenvalue weighted by molar-refractivity contribution is 0.0987. The lowest BCUT2D eigenvalue weighted by Crippen LogP contribution is -2.48. The molecule has 0 saturated carbocycles. The number of carbonyl (C=O) groups excluding carboxylic acids is 1. The Bertz CT molecular complexity index is 652. The van der Waals surface area contributed by atoms with Gasteiger partial charge in [0.1, 0.15) is 5.82 Å². The lowest BCUT2D eigenvalue weighted by Gasteiger charge is -2.38. The van der Waals surface area contributed by atoms with Crippen LogP contribution in [0, 0.1) is 24.6 Å². The van der Waals surface area contributed by atoms with E-state index in [9.17, 15) is 9.18 Å². The van der Waals surface area contributed by atoms with Crippen molar-refractivity contribution in [2.45, 2.75) is 73.1 Å². The summed E-state index contributed by atoms with van der Waals surface area (Å²) >= 11 is 0. The molecule has 0 spiro atoms. The Hall–Kier alpha value is -1.42. The number of aryl methyl sites for hydroxylation is 1. The molecule has 2 unspecified atom stereocenters. The monoisotopic (exact) mass is 404 g/mol. The Kier molecular flexibility index (Phi) is 9.61. The zero-order valence-electron chi connectivity index (χ0n) is 19.3. The topological polar surface area (TPSA) is 23.6 Å². The van der Waals surface area contributed by atoms with Gasteiger partial charge in [-0.2, -0.15) is 0 Å². The fourth-order valence-corrected chi connectivity index (χ4v) is 4.40. The van der Waals surface area contributed by atoms with Crippen LogP contribution in [0.1, 0.15) is 82.1 Å². The second-order valence-electron chi connectivity index (χ2n) is 8.93. The highest BCUT2D eigenvalue weighted by atomic mass is 19.1. The summed E-state index contributed by atoms with van der Waals surface area (Å²) in [6.07, 6.45) is 6.88. The summed E-state index contributed by atoms with van der Waals surface area (Å²) in [5.41, 5.74) is 2.05. The van der Waals surface area contributed by atoms with E-state index in [1.165, 1.54) is 44.7 Å². The molecule has 164 valence electrons. The molecule has 1 fully saturated rings. The van der Waals surface area contributed by atoms with E-state index in [0.717, 1.165) is 43.6 Å². The van der Waals surface area contributed by atoms with Crippen molar-refractivity contribution in [3.8, 4) is 0 Å². The standard InChI is InChI=1S/C25H41FN2O/c1-6-9-21(11-10-19(4)7-2)18-27-12-14-28(15-13-27)24-16-20(5)22(17-23(24)26)25(29)8-3/h16-17,19,21H,6-15,18H2,1-5H3. The highest BCUT2D eigenvalue weighted by Gasteiger charge is 2.23. The molecule has 0 N–H and O–H groups in total. The molecule has 29 heavy (non-hydrogen) atoms. The molecular formula is C25H41FN2O. The van der Waals surface area contributed by atoms with Gasteiger partial charge in [0.25, 0.3) is 0 Å². The minimum Gasteiger partial charge on any atom is -0.367 e. The number of rotatable bonds is 11. The zero-order valence-corrected chi connectivity index (χ0v) is 19.3. The molecule has 1 aliphatic rings. The van der Waals surface area contributed by atoms with Crippen molar-refractivity contribution in [2.24, 2.45) is 11.8 Å². The van der Waals surface area contributed by atoms with Gasteiger partial charge in [0.15, 0.2) is 5.78 Å². The van der Waals surface area contributed by atoms with Crippen LogP contribution in [0.3, 0.4) is 0 Å². The number of carbonyl (C=O) groups is 1. The maximum atomic E-state index is 14.7. The average Bonchev–Trinajstić information content (AvgIpc) is 2.73. The number of hydrogen-bond donors (Lipinski definition) is 0. The molecule has 1 saturated heterocycles. The van der Waals surface area contributed by atoms with Crippen molar-refractivity contribution in [3.63, 3.8) is 0 Å². The Morgan fingerprint density at radius 3 is 2.34 bits per heavy atom. The SMILES string of the molecule is CCCC(CCC(C)CC)CN1CCN(c2cc(C)c(C(=O)CC)cc2F)CC1. The van der Waals surface area contributed by atoms with Gasteiger partial charge in [0.2, 0.25) is 0 Å². The van der Waals surface area contributed by atoms with Crippen LogP contribution in [0.15, 0.2) is 12.1 Å². The summed E-state index contributed by atoms with van der Waals surface area (Å²) in [7, 11) is 0. The van der Waals surface area contributed by atoms with Gasteiger partial charge >= 0.3 is 0 Å². The normalized spacial score (nSPS) is 17.4. The van der Waals surface area contributed by atoms with Gasteiger partial charge in [-0.15, -0.1) is 0 Å². The average molecular weight is 405 g/mol. The Morgan fingerprint density at radius 2 is 1.76 bits per heavy atom. The van der Waals surface area contributed by atoms with E-state index in [2.05, 4.69) is 30.6 Å². The fraction of sp³-hybridized carbons (Fsp3) is 0.720. The molecule has 4 heteroatoms. The van der Waals surface area contributed by atoms with Crippen molar-refractivity contribution in [2.75, 3.05) is 37.6 Å². The number of hydrogen-bond acceptors (Lipinski definition) is 3. The largest absolute Gasteiger partial charge is 0.367 e. The van der Waals surface area contributed by atoms with Crippen molar-refractivity contribution in [3.05, 3.63) is 29.1 Å². The number of anilines is 1. The molecule has 1 heterocycles. The lowest BCUT2D eigenvalue weighted by atomic mass is 9.91. The fourth-order valence-electron chi connectivity index (χ4n) is 4.40. The molecule has 2 rings (SSSR count). The maximum absolute atomic E-state index is 14.7. The number of halogens is 1. The summed E-state index contributed by atoms with van der Waals surface area (Å²) in [4.78, 5) is 16.7. The van der Waals surface area contributed by atoms with Crippen LogP contribution >= 0.6 is 0 Å². The first-order chi connectivity index (χ1) is 13.9. The molecule has 0 aliphatic carbocycles. The van der Waals surface area contributed by atoms with E-state index >= 15 is 0 Å². The number of nitrogens with zero attached hydrogens (tertiary/aromatic N) is 2. The molecule has 3 nitrogen and oxygen atoms in total. The number of ketones is 1. The van der Waals surface area contributed by atoms with Crippen molar-refractivity contribution in [1.29, 1.82) is 0 Å². The highest BCUT2D eigenvalue weighted by Crippen LogP contribution is 2.26. The first-order valence-electron chi connectivity index (χ1n) is 11.7. The van der Waals surface area contributed by atoms with E-state index < -0.39 is 0 Å². The molecule has 0 bridgehead atoms. The molecule has 1 aromatic rings. The predicted octanol–water partition coefficient (Wildman–Crippen LogP) is 6.09. The summed E-state index contributed by atoms with van der Waals surface area (Å²) < 4.78 is 14.7. The van der Waals surface area contributed by atoms with Crippen LogP contribution in [0.4, 0.5) is 10.1 Å². The number of piperazine rings is 1. The van der Waals surface area contributed by atoms with Crippen LogP contribution in [0.5, 0.6) is 0 Å². The van der Waals surface area contributed by atoms with Crippen LogP contribution < -0.4 is 4.90 Å². The first-order valence-corrected chi connectivity index (χ1v) is 11.7. The van der Waals surface area contributed by atoms with Crippen molar-refractivity contribution in [1.82, 2.24) is 4.90 Å². The summed E-state index contributed by atoms with van der Waals surface area (Å²) in [6.45, 7) is 15.5. The zero-order chi connectivity index (χ0) is 21.4. The third kappa shape index (κ3) is 6.80. The van der Waals surface area contributed by atoms with E-state index in [4.69, 9.17) is 0 Å². The molecule has 1 aromatic carbocycles. The first kappa shape index (κ1) is 23.9. The molecule has 0 aromatic heterocycles.